The van der Waals surface area contributed by atoms with Gasteiger partial charge in [0.2, 0.25) is 0 Å². The second-order valence-corrected chi connectivity index (χ2v) is 10.0. The standard InChI is InChI=1S/C21H20ClOP/c22-16-18(23)17-24(19-10-4-1-5-11-19,20-12-6-2-7-13-20)21-14-8-3-9-15-21/h1-15,24H,16-17H2. The van der Waals surface area contributed by atoms with Crippen molar-refractivity contribution in [3.8, 4) is 0 Å². The molecule has 3 rings (SSSR count). The number of hydrogen-bond acceptors (Lipinski definition) is 1. The molecule has 3 aromatic rings. The normalized spacial score (nSPS) is 11.9. The number of ketones is 1. The van der Waals surface area contributed by atoms with E-state index < -0.39 is 7.26 Å². The second-order valence-electron chi connectivity index (χ2n) is 5.85. The first kappa shape index (κ1) is 16.9. The number of rotatable bonds is 6. The van der Waals surface area contributed by atoms with Crippen molar-refractivity contribution in [3.63, 3.8) is 0 Å². The Morgan fingerprint density at radius 2 is 1.00 bits per heavy atom. The maximum absolute atomic E-state index is 12.5. The number of carbonyl (C=O) groups excluding carboxylic acids is 1. The van der Waals surface area contributed by atoms with Crippen LogP contribution in [0.1, 0.15) is 0 Å². The minimum atomic E-state index is -2.44. The van der Waals surface area contributed by atoms with Gasteiger partial charge in [0.25, 0.3) is 0 Å². The van der Waals surface area contributed by atoms with E-state index >= 15 is 0 Å². The van der Waals surface area contributed by atoms with Crippen LogP contribution >= 0.6 is 18.9 Å². The average Bonchev–Trinajstić information content (AvgIpc) is 2.68. The zero-order valence-electron chi connectivity index (χ0n) is 13.4. The van der Waals surface area contributed by atoms with Gasteiger partial charge in [-0.2, -0.15) is 0 Å². The number of Topliss-reactive ketones (excluding diaryl/α,β-unsaturated/α-hetero) is 1. The summed E-state index contributed by atoms with van der Waals surface area (Å²) in [5.41, 5.74) is 0. The van der Waals surface area contributed by atoms with Crippen LogP contribution < -0.4 is 15.9 Å². The summed E-state index contributed by atoms with van der Waals surface area (Å²) in [6.45, 7) is 0. The summed E-state index contributed by atoms with van der Waals surface area (Å²) in [6.07, 6.45) is 0.481. The van der Waals surface area contributed by atoms with Crippen molar-refractivity contribution in [3.05, 3.63) is 91.0 Å². The van der Waals surface area contributed by atoms with Crippen LogP contribution in [-0.4, -0.2) is 17.8 Å². The molecule has 0 amide bonds. The Hall–Kier alpha value is -1.95. The number of hydrogen-bond donors (Lipinski definition) is 0. The van der Waals surface area contributed by atoms with Crippen molar-refractivity contribution in [2.45, 2.75) is 0 Å². The quantitative estimate of drug-likeness (QED) is 0.489. The molecule has 1 nitrogen and oxygen atoms in total. The molecule has 0 atom stereocenters. The van der Waals surface area contributed by atoms with Gasteiger partial charge >= 0.3 is 148 Å². The maximum atomic E-state index is 12.5. The van der Waals surface area contributed by atoms with Gasteiger partial charge in [-0.25, -0.2) is 0 Å². The van der Waals surface area contributed by atoms with Crippen LogP contribution in [0.2, 0.25) is 0 Å². The molecule has 0 saturated carbocycles. The van der Waals surface area contributed by atoms with Gasteiger partial charge in [0.15, 0.2) is 0 Å². The van der Waals surface area contributed by atoms with Gasteiger partial charge in [-0.15, -0.1) is 0 Å². The number of alkyl halides is 1. The summed E-state index contributed by atoms with van der Waals surface area (Å²) < 4.78 is 0. The van der Waals surface area contributed by atoms with E-state index in [1.807, 2.05) is 54.6 Å². The second kappa shape index (κ2) is 7.75. The van der Waals surface area contributed by atoms with Gasteiger partial charge in [-0.1, -0.05) is 0 Å². The Balaban J connectivity index is 2.30. The molecule has 0 saturated heterocycles. The molecule has 0 heterocycles. The zero-order chi connectivity index (χ0) is 16.8. The fourth-order valence-corrected chi connectivity index (χ4v) is 8.18. The topological polar surface area (TPSA) is 17.1 Å². The van der Waals surface area contributed by atoms with Crippen molar-refractivity contribution in [1.82, 2.24) is 0 Å². The summed E-state index contributed by atoms with van der Waals surface area (Å²) in [6, 6.07) is 31.2. The van der Waals surface area contributed by atoms with E-state index in [0.717, 1.165) is 0 Å². The van der Waals surface area contributed by atoms with Crippen molar-refractivity contribution in [2.24, 2.45) is 0 Å². The Labute approximate surface area is 148 Å². The molecule has 0 aliphatic carbocycles. The summed E-state index contributed by atoms with van der Waals surface area (Å²) in [4.78, 5) is 12.5. The van der Waals surface area contributed by atoms with Gasteiger partial charge < -0.3 is 0 Å². The zero-order valence-corrected chi connectivity index (χ0v) is 15.1. The van der Waals surface area contributed by atoms with E-state index in [1.165, 1.54) is 15.9 Å². The van der Waals surface area contributed by atoms with Crippen LogP contribution in [0.5, 0.6) is 0 Å². The molecule has 3 aromatic carbocycles. The van der Waals surface area contributed by atoms with E-state index in [9.17, 15) is 4.79 Å². The van der Waals surface area contributed by atoms with Crippen LogP contribution in [0.25, 0.3) is 0 Å². The van der Waals surface area contributed by atoms with Gasteiger partial charge in [0.1, 0.15) is 0 Å². The summed E-state index contributed by atoms with van der Waals surface area (Å²) in [5, 5.41) is 3.71. The molecule has 24 heavy (non-hydrogen) atoms. The number of benzene rings is 3. The van der Waals surface area contributed by atoms with E-state index in [4.69, 9.17) is 11.6 Å². The number of halogens is 1. The number of carbonyl (C=O) groups is 1. The first-order chi connectivity index (χ1) is 11.8. The van der Waals surface area contributed by atoms with E-state index in [-0.39, 0.29) is 11.7 Å². The Kier molecular flexibility index (Phi) is 5.45. The van der Waals surface area contributed by atoms with Crippen LogP contribution in [0.3, 0.4) is 0 Å². The molecule has 0 aromatic heterocycles. The van der Waals surface area contributed by atoms with Gasteiger partial charge in [-0.3, -0.25) is 0 Å². The third-order valence-electron chi connectivity index (χ3n) is 4.41. The summed E-state index contributed by atoms with van der Waals surface area (Å²) >= 11 is 5.89. The Bertz CT molecular complexity index is 691. The molecule has 0 radical (unpaired) electrons. The minimum absolute atomic E-state index is 0.0568. The summed E-state index contributed by atoms with van der Waals surface area (Å²) in [5.74, 6) is 0.154. The van der Waals surface area contributed by atoms with Gasteiger partial charge in [0.05, 0.1) is 0 Å². The van der Waals surface area contributed by atoms with E-state index in [1.54, 1.807) is 0 Å². The fraction of sp³-hybridized carbons (Fsp3) is 0.0952. The average molecular weight is 355 g/mol. The van der Waals surface area contributed by atoms with Crippen LogP contribution in [0.4, 0.5) is 0 Å². The molecule has 0 fully saturated rings. The van der Waals surface area contributed by atoms with Crippen molar-refractivity contribution in [2.75, 3.05) is 12.0 Å². The monoisotopic (exact) mass is 354 g/mol. The molecule has 0 aliphatic heterocycles. The van der Waals surface area contributed by atoms with E-state index in [2.05, 4.69) is 36.4 Å². The predicted molar refractivity (Wildman–Crippen MR) is 107 cm³/mol. The van der Waals surface area contributed by atoms with E-state index in [0.29, 0.717) is 6.16 Å². The van der Waals surface area contributed by atoms with Gasteiger partial charge in [-0.05, 0) is 0 Å². The Morgan fingerprint density at radius 3 is 1.29 bits per heavy atom. The molecule has 3 heteroatoms. The molecule has 0 spiro atoms. The van der Waals surface area contributed by atoms with Crippen LogP contribution in [0.15, 0.2) is 91.0 Å². The van der Waals surface area contributed by atoms with Crippen LogP contribution in [0, 0.1) is 0 Å². The molecule has 0 N–H and O–H groups in total. The molecular formula is C21H20ClOP. The van der Waals surface area contributed by atoms with Gasteiger partial charge in [0, 0.05) is 0 Å². The molecular weight excluding hydrogens is 335 g/mol. The van der Waals surface area contributed by atoms with Crippen LogP contribution in [-0.2, 0) is 4.79 Å². The fourth-order valence-electron chi connectivity index (χ4n) is 3.32. The van der Waals surface area contributed by atoms with Crippen molar-refractivity contribution < 1.29 is 4.79 Å². The first-order valence-electron chi connectivity index (χ1n) is 8.01. The molecule has 0 aliphatic rings. The molecule has 0 unspecified atom stereocenters. The third kappa shape index (κ3) is 3.29. The molecule has 122 valence electrons. The third-order valence-corrected chi connectivity index (χ3v) is 9.59. The first-order valence-corrected chi connectivity index (χ1v) is 10.8. The van der Waals surface area contributed by atoms with Crippen molar-refractivity contribution in [1.29, 1.82) is 0 Å². The molecule has 0 bridgehead atoms. The Morgan fingerprint density at radius 1 is 0.667 bits per heavy atom. The summed E-state index contributed by atoms with van der Waals surface area (Å²) in [7, 11) is -2.44. The predicted octanol–water partition coefficient (Wildman–Crippen LogP) is 3.52. The van der Waals surface area contributed by atoms with Crippen molar-refractivity contribution >= 4 is 40.6 Å². The SMILES string of the molecule is O=C(CCl)C[PH](c1ccccc1)(c1ccccc1)c1ccccc1.